The van der Waals surface area contributed by atoms with Crippen LogP contribution in [0.25, 0.3) is 0 Å². The summed E-state index contributed by atoms with van der Waals surface area (Å²) in [5.41, 5.74) is 2.57. The van der Waals surface area contributed by atoms with Crippen molar-refractivity contribution in [3.05, 3.63) is 0 Å². The minimum absolute atomic E-state index is 0.616. The van der Waals surface area contributed by atoms with E-state index in [4.69, 9.17) is 10.6 Å². The molecule has 0 unspecified atom stereocenters. The van der Waals surface area contributed by atoms with E-state index in [2.05, 4.69) is 17.3 Å². The Morgan fingerprint density at radius 2 is 2.31 bits per heavy atom. The van der Waals surface area contributed by atoms with Gasteiger partial charge in [0.15, 0.2) is 0 Å². The molecule has 78 valence electrons. The molecule has 3 N–H and O–H groups in total. The summed E-state index contributed by atoms with van der Waals surface area (Å²) in [5.74, 6) is 6.03. The monoisotopic (exact) mass is 188 g/mol. The first-order valence-corrected chi connectivity index (χ1v) is 4.47. The quantitative estimate of drug-likeness (QED) is 0.206. The van der Waals surface area contributed by atoms with Crippen LogP contribution in [0.3, 0.4) is 0 Å². The molecule has 0 fully saturated rings. The highest BCUT2D eigenvalue weighted by Crippen LogP contribution is 1.87. The maximum absolute atomic E-state index is 5.32. The number of hydrazine groups is 1. The minimum atomic E-state index is 0.616. The summed E-state index contributed by atoms with van der Waals surface area (Å²) in [7, 11) is 3.61. The van der Waals surface area contributed by atoms with E-state index >= 15 is 0 Å². The van der Waals surface area contributed by atoms with Crippen molar-refractivity contribution in [2.45, 2.75) is 13.3 Å². The molecule has 0 saturated heterocycles. The first kappa shape index (κ1) is 12.2. The number of guanidine groups is 1. The summed E-state index contributed by atoms with van der Waals surface area (Å²) in [4.78, 5) is 6.21. The minimum Gasteiger partial charge on any atom is -0.383 e. The lowest BCUT2D eigenvalue weighted by atomic mass is 10.4. The van der Waals surface area contributed by atoms with Gasteiger partial charge in [-0.25, -0.2) is 10.8 Å². The molecule has 0 aromatic heterocycles. The van der Waals surface area contributed by atoms with Gasteiger partial charge in [-0.05, 0) is 6.42 Å². The second-order valence-corrected chi connectivity index (χ2v) is 2.76. The maximum Gasteiger partial charge on any atom is 0.208 e. The summed E-state index contributed by atoms with van der Waals surface area (Å²) >= 11 is 0. The molecule has 0 saturated carbocycles. The topological polar surface area (TPSA) is 62.9 Å². The Hall–Kier alpha value is -0.810. The molecule has 0 amide bonds. The van der Waals surface area contributed by atoms with E-state index in [9.17, 15) is 0 Å². The van der Waals surface area contributed by atoms with E-state index in [1.807, 2.05) is 11.9 Å². The van der Waals surface area contributed by atoms with Crippen LogP contribution in [0.2, 0.25) is 0 Å². The van der Waals surface area contributed by atoms with Crippen molar-refractivity contribution in [3.8, 4) is 0 Å². The van der Waals surface area contributed by atoms with Gasteiger partial charge in [-0.15, -0.1) is 0 Å². The van der Waals surface area contributed by atoms with E-state index in [0.29, 0.717) is 19.1 Å². The highest BCUT2D eigenvalue weighted by molar-refractivity contribution is 5.79. The van der Waals surface area contributed by atoms with Crippen molar-refractivity contribution >= 4 is 5.96 Å². The predicted molar refractivity (Wildman–Crippen MR) is 54.4 cm³/mol. The molecule has 0 radical (unpaired) electrons. The third-order valence-electron chi connectivity index (χ3n) is 1.61. The Bertz CT molecular complexity index is 149. The highest BCUT2D eigenvalue weighted by atomic mass is 16.5. The third-order valence-corrected chi connectivity index (χ3v) is 1.61. The molecule has 0 aliphatic carbocycles. The fraction of sp³-hybridized carbons (Fsp3) is 0.875. The van der Waals surface area contributed by atoms with Crippen LogP contribution in [0.5, 0.6) is 0 Å². The number of aliphatic imine (C=N–C) groups is 1. The second kappa shape index (κ2) is 7.82. The number of ether oxygens (including phenoxy) is 1. The lowest BCUT2D eigenvalue weighted by molar-refractivity contribution is 0.207. The number of nitrogens with two attached hydrogens (primary N) is 1. The van der Waals surface area contributed by atoms with Crippen molar-refractivity contribution in [1.82, 2.24) is 10.3 Å². The van der Waals surface area contributed by atoms with E-state index < -0.39 is 0 Å². The molecular formula is C8H20N4O. The van der Waals surface area contributed by atoms with Gasteiger partial charge in [0, 0.05) is 20.7 Å². The van der Waals surface area contributed by atoms with Crippen LogP contribution in [0.1, 0.15) is 13.3 Å². The highest BCUT2D eigenvalue weighted by Gasteiger charge is 2.01. The SMILES string of the molecule is CCCN(C)C(=NCCOC)NN. The zero-order valence-corrected chi connectivity index (χ0v) is 8.71. The molecule has 0 rings (SSSR count). The van der Waals surface area contributed by atoms with E-state index in [-0.39, 0.29) is 0 Å². The number of methoxy groups -OCH3 is 1. The van der Waals surface area contributed by atoms with Gasteiger partial charge in [0.1, 0.15) is 0 Å². The number of nitrogens with one attached hydrogen (secondary N) is 1. The van der Waals surface area contributed by atoms with Crippen molar-refractivity contribution in [2.75, 3.05) is 33.9 Å². The Morgan fingerprint density at radius 1 is 1.62 bits per heavy atom. The van der Waals surface area contributed by atoms with Crippen LogP contribution >= 0.6 is 0 Å². The molecule has 0 atom stereocenters. The lowest BCUT2D eigenvalue weighted by Gasteiger charge is -2.19. The van der Waals surface area contributed by atoms with Gasteiger partial charge in [0.2, 0.25) is 5.96 Å². The average molecular weight is 188 g/mol. The lowest BCUT2D eigenvalue weighted by Crippen LogP contribution is -2.43. The van der Waals surface area contributed by atoms with Gasteiger partial charge in [0.05, 0.1) is 13.2 Å². The molecule has 0 aliphatic rings. The average Bonchev–Trinajstić information content (AvgIpc) is 2.13. The van der Waals surface area contributed by atoms with Crippen molar-refractivity contribution < 1.29 is 4.74 Å². The van der Waals surface area contributed by atoms with Gasteiger partial charge in [0.25, 0.3) is 0 Å². The fourth-order valence-corrected chi connectivity index (χ4v) is 0.961. The Kier molecular flexibility index (Phi) is 7.33. The van der Waals surface area contributed by atoms with Crippen LogP contribution in [0.15, 0.2) is 4.99 Å². The third kappa shape index (κ3) is 5.43. The van der Waals surface area contributed by atoms with Crippen molar-refractivity contribution in [3.63, 3.8) is 0 Å². The number of hydrogen-bond donors (Lipinski definition) is 2. The van der Waals surface area contributed by atoms with Crippen molar-refractivity contribution in [2.24, 2.45) is 10.8 Å². The predicted octanol–water partition coefficient (Wildman–Crippen LogP) is -0.206. The number of nitrogens with zero attached hydrogens (tertiary/aromatic N) is 2. The summed E-state index contributed by atoms with van der Waals surface area (Å²) in [6, 6.07) is 0. The molecule has 0 bridgehead atoms. The molecule has 5 heteroatoms. The van der Waals surface area contributed by atoms with Crippen LogP contribution in [0.4, 0.5) is 0 Å². The van der Waals surface area contributed by atoms with Crippen molar-refractivity contribution in [1.29, 1.82) is 0 Å². The van der Waals surface area contributed by atoms with E-state index in [1.165, 1.54) is 0 Å². The summed E-state index contributed by atoms with van der Waals surface area (Å²) in [6.45, 7) is 4.30. The van der Waals surface area contributed by atoms with Crippen LogP contribution < -0.4 is 11.3 Å². The first-order chi connectivity index (χ1) is 6.26. The molecular weight excluding hydrogens is 168 g/mol. The molecule has 0 aromatic carbocycles. The Balaban J connectivity index is 3.90. The molecule has 5 nitrogen and oxygen atoms in total. The van der Waals surface area contributed by atoms with Gasteiger partial charge >= 0.3 is 0 Å². The van der Waals surface area contributed by atoms with Gasteiger partial charge in [-0.2, -0.15) is 0 Å². The first-order valence-electron chi connectivity index (χ1n) is 4.47. The molecule has 0 aromatic rings. The summed E-state index contributed by atoms with van der Waals surface area (Å²) in [5, 5.41) is 0. The number of rotatable bonds is 5. The van der Waals surface area contributed by atoms with E-state index in [0.717, 1.165) is 13.0 Å². The molecule has 13 heavy (non-hydrogen) atoms. The van der Waals surface area contributed by atoms with Gasteiger partial charge < -0.3 is 9.64 Å². The fourth-order valence-electron chi connectivity index (χ4n) is 0.961. The van der Waals surface area contributed by atoms with Crippen LogP contribution in [0, 0.1) is 0 Å². The Labute approximate surface area is 79.9 Å². The van der Waals surface area contributed by atoms with Gasteiger partial charge in [-0.1, -0.05) is 6.92 Å². The van der Waals surface area contributed by atoms with E-state index in [1.54, 1.807) is 7.11 Å². The summed E-state index contributed by atoms with van der Waals surface area (Å²) in [6.07, 6.45) is 1.07. The molecule has 0 aliphatic heterocycles. The van der Waals surface area contributed by atoms with Gasteiger partial charge in [-0.3, -0.25) is 5.43 Å². The normalized spacial score (nSPS) is 11.5. The largest absolute Gasteiger partial charge is 0.383 e. The molecule has 0 heterocycles. The maximum atomic E-state index is 5.32. The smallest absolute Gasteiger partial charge is 0.208 e. The molecule has 0 spiro atoms. The standard InChI is InChI=1S/C8H20N4O/c1-4-6-12(2)8(11-9)10-5-7-13-3/h4-7,9H2,1-3H3,(H,10,11). The number of hydrogen-bond acceptors (Lipinski definition) is 3. The van der Waals surface area contributed by atoms with Crippen LogP contribution in [-0.2, 0) is 4.74 Å². The summed E-state index contributed by atoms with van der Waals surface area (Å²) < 4.78 is 4.88. The zero-order valence-electron chi connectivity index (χ0n) is 8.71. The van der Waals surface area contributed by atoms with Crippen LogP contribution in [-0.4, -0.2) is 44.7 Å². The Morgan fingerprint density at radius 3 is 2.77 bits per heavy atom. The second-order valence-electron chi connectivity index (χ2n) is 2.76. The zero-order chi connectivity index (χ0) is 10.1.